The second-order valence-corrected chi connectivity index (χ2v) is 14.0. The van der Waals surface area contributed by atoms with Crippen LogP contribution in [0.3, 0.4) is 0 Å². The van der Waals surface area contributed by atoms with Gasteiger partial charge in [-0.25, -0.2) is 4.79 Å². The fraction of sp³-hybridized carbons (Fsp3) is 0.436. The highest BCUT2D eigenvalue weighted by atomic mass is 16.5. The zero-order valence-corrected chi connectivity index (χ0v) is 30.2. The van der Waals surface area contributed by atoms with E-state index in [0.29, 0.717) is 18.0 Å². The summed E-state index contributed by atoms with van der Waals surface area (Å²) in [4.78, 5) is 57.4. The van der Waals surface area contributed by atoms with Crippen molar-refractivity contribution < 1.29 is 29.0 Å². The third-order valence-corrected chi connectivity index (χ3v) is 8.46. The summed E-state index contributed by atoms with van der Waals surface area (Å²) in [6.45, 7) is 9.77. The Kier molecular flexibility index (Phi) is 14.0. The van der Waals surface area contributed by atoms with Gasteiger partial charge in [-0.3, -0.25) is 29.7 Å². The Morgan fingerprint density at radius 3 is 2.27 bits per heavy atom. The molecule has 0 saturated heterocycles. The number of ether oxygens (including phenoxy) is 1. The smallest absolute Gasteiger partial charge is 0.408 e. The van der Waals surface area contributed by atoms with Crippen LogP contribution in [0.25, 0.3) is 10.8 Å². The number of nitrogens with zero attached hydrogens (tertiary/aromatic N) is 3. The number of alkyl carbamates (subject to hydrolysis) is 1. The van der Waals surface area contributed by atoms with Crippen LogP contribution in [0.5, 0.6) is 0 Å². The summed E-state index contributed by atoms with van der Waals surface area (Å²) in [6.07, 6.45) is 0.946. The van der Waals surface area contributed by atoms with Crippen LogP contribution in [0.15, 0.2) is 84.7 Å². The molecule has 0 aromatic heterocycles. The van der Waals surface area contributed by atoms with Gasteiger partial charge in [0.15, 0.2) is 0 Å². The number of anilines is 1. The van der Waals surface area contributed by atoms with Crippen molar-refractivity contribution in [1.82, 2.24) is 20.7 Å². The summed E-state index contributed by atoms with van der Waals surface area (Å²) >= 11 is 0. The van der Waals surface area contributed by atoms with Gasteiger partial charge in [0.1, 0.15) is 19.3 Å². The lowest BCUT2D eigenvalue weighted by Gasteiger charge is -2.31. The number of hydrogen-bond acceptors (Lipinski definition) is 8. The molecule has 51 heavy (non-hydrogen) atoms. The van der Waals surface area contributed by atoms with Crippen LogP contribution in [-0.4, -0.2) is 70.2 Å². The number of benzene rings is 3. The van der Waals surface area contributed by atoms with Gasteiger partial charge in [-0.1, -0.05) is 94.4 Å². The molecule has 0 spiro atoms. The first-order valence-corrected chi connectivity index (χ1v) is 17.6. The molecule has 3 atom stereocenters. The molecule has 274 valence electrons. The summed E-state index contributed by atoms with van der Waals surface area (Å²) in [7, 11) is 0. The molecule has 12 heteroatoms. The second kappa shape index (κ2) is 18.3. The van der Waals surface area contributed by atoms with E-state index in [4.69, 9.17) is 10.5 Å². The van der Waals surface area contributed by atoms with Crippen molar-refractivity contribution >= 4 is 40.3 Å². The first-order chi connectivity index (χ1) is 24.3. The minimum Gasteiger partial charge on any atom is -0.445 e. The van der Waals surface area contributed by atoms with Crippen LogP contribution < -0.4 is 21.4 Å². The minimum atomic E-state index is -1.22. The largest absolute Gasteiger partial charge is 0.445 e. The van der Waals surface area contributed by atoms with Crippen molar-refractivity contribution in [2.75, 3.05) is 18.1 Å². The number of fused-ring (bicyclic) bond motifs is 1. The van der Waals surface area contributed by atoms with Crippen molar-refractivity contribution in [3.8, 4) is 0 Å². The van der Waals surface area contributed by atoms with Crippen LogP contribution in [-0.2, 0) is 25.7 Å². The Labute approximate surface area is 300 Å². The van der Waals surface area contributed by atoms with E-state index in [0.717, 1.165) is 28.4 Å². The normalized spacial score (nSPS) is 14.6. The zero-order chi connectivity index (χ0) is 37.1. The van der Waals surface area contributed by atoms with Gasteiger partial charge in [0.05, 0.1) is 24.3 Å². The predicted octanol–water partition coefficient (Wildman–Crippen LogP) is 5.02. The topological polar surface area (TPSA) is 158 Å². The van der Waals surface area contributed by atoms with Gasteiger partial charge in [0, 0.05) is 30.2 Å². The molecule has 4 rings (SSSR count). The summed E-state index contributed by atoms with van der Waals surface area (Å²) in [5.74, 6) is -1.09. The van der Waals surface area contributed by atoms with E-state index >= 15 is 0 Å². The van der Waals surface area contributed by atoms with E-state index in [1.165, 1.54) is 9.91 Å². The number of hydrogen-bond donors (Lipinski definition) is 4. The van der Waals surface area contributed by atoms with Gasteiger partial charge in [-0.2, -0.15) is 0 Å². The Balaban J connectivity index is 1.66. The van der Waals surface area contributed by atoms with Crippen LogP contribution in [0.1, 0.15) is 65.9 Å². The molecular formula is C39H52N6O6. The van der Waals surface area contributed by atoms with Crippen molar-refractivity contribution in [2.45, 2.75) is 85.1 Å². The highest BCUT2D eigenvalue weighted by Gasteiger charge is 2.35. The monoisotopic (exact) mass is 700 g/mol. The third-order valence-electron chi connectivity index (χ3n) is 8.46. The Morgan fingerprint density at radius 2 is 1.59 bits per heavy atom. The second-order valence-electron chi connectivity index (χ2n) is 14.0. The first kappa shape index (κ1) is 38.9. The number of aliphatic hydroxyl groups is 1. The number of amides is 4. The van der Waals surface area contributed by atoms with E-state index in [1.54, 1.807) is 13.1 Å². The average Bonchev–Trinajstić information content (AvgIpc) is 3.51. The van der Waals surface area contributed by atoms with Gasteiger partial charge < -0.3 is 25.8 Å². The molecule has 3 aromatic rings. The highest BCUT2D eigenvalue weighted by Crippen LogP contribution is 2.34. The quantitative estimate of drug-likeness (QED) is 0.161. The maximum atomic E-state index is 14.4. The molecule has 0 aliphatic carbocycles. The third kappa shape index (κ3) is 11.3. The van der Waals surface area contributed by atoms with Crippen LogP contribution in [0.4, 0.5) is 10.5 Å². The minimum absolute atomic E-state index is 0.0181. The molecule has 0 fully saturated rings. The number of rotatable bonds is 15. The molecule has 1 aliphatic rings. The SMILES string of the molecule is CC(C)CC[C@H](O)CC(=O)NN(CC(C)C)C(=O)[C@H](CC1=CN(C(=O)[C@H](C)N)CN1c1cccc2ccccc12)NC(=O)OCc1ccccc1. The fourth-order valence-corrected chi connectivity index (χ4v) is 5.86. The molecule has 12 nitrogen and oxygen atoms in total. The van der Waals surface area contributed by atoms with E-state index in [1.807, 2.05) is 105 Å². The van der Waals surface area contributed by atoms with Crippen molar-refractivity contribution in [3.63, 3.8) is 0 Å². The number of hydrazine groups is 1. The summed E-state index contributed by atoms with van der Waals surface area (Å²) in [6, 6.07) is 20.9. The maximum Gasteiger partial charge on any atom is 0.408 e. The maximum absolute atomic E-state index is 14.4. The molecule has 3 aromatic carbocycles. The molecule has 0 saturated carbocycles. The average molecular weight is 701 g/mol. The summed E-state index contributed by atoms with van der Waals surface area (Å²) < 4.78 is 5.52. The predicted molar refractivity (Wildman–Crippen MR) is 197 cm³/mol. The lowest BCUT2D eigenvalue weighted by molar-refractivity contribution is -0.144. The molecule has 1 aliphatic heterocycles. The van der Waals surface area contributed by atoms with Gasteiger partial charge in [0.2, 0.25) is 11.8 Å². The van der Waals surface area contributed by atoms with Crippen LogP contribution in [0.2, 0.25) is 0 Å². The molecule has 0 bridgehead atoms. The van der Waals surface area contributed by atoms with Gasteiger partial charge in [0.25, 0.3) is 5.91 Å². The zero-order valence-electron chi connectivity index (χ0n) is 30.2. The molecule has 0 radical (unpaired) electrons. The molecule has 0 unspecified atom stereocenters. The van der Waals surface area contributed by atoms with E-state index in [2.05, 4.69) is 10.7 Å². The Hall–Kier alpha value is -4.94. The fourth-order valence-electron chi connectivity index (χ4n) is 5.86. The van der Waals surface area contributed by atoms with E-state index in [9.17, 15) is 24.3 Å². The number of nitrogens with two attached hydrogens (primary N) is 1. The number of nitrogens with one attached hydrogen (secondary N) is 2. The number of aliphatic hydroxyl groups excluding tert-OH is 1. The van der Waals surface area contributed by atoms with Gasteiger partial charge in [-0.05, 0) is 48.6 Å². The molecule has 4 amide bonds. The summed E-state index contributed by atoms with van der Waals surface area (Å²) in [5.41, 5.74) is 10.8. The standard InChI is InChI=1S/C39H52N6O6/c1-26(2)18-19-32(46)21-36(47)42-45(22-27(3)4)38(49)34(41-39(50)51-24-29-12-7-6-8-13-29)20-31-23-43(37(48)28(5)40)25-44(31)35-17-11-15-30-14-9-10-16-33(30)35/h6-17,23,26-28,32,34,46H,18-22,24-25,40H2,1-5H3,(H,41,50)(H,42,47)/t28-,32-,34-/m0/s1. The van der Waals surface area contributed by atoms with E-state index in [-0.39, 0.29) is 44.5 Å². The Bertz CT molecular complexity index is 1670. The Morgan fingerprint density at radius 1 is 0.902 bits per heavy atom. The van der Waals surface area contributed by atoms with E-state index < -0.39 is 36.1 Å². The number of carbonyl (C=O) groups excluding carboxylic acids is 4. The van der Waals surface area contributed by atoms with Crippen molar-refractivity contribution in [1.29, 1.82) is 0 Å². The first-order valence-electron chi connectivity index (χ1n) is 17.6. The number of carbonyl (C=O) groups is 4. The molecular weight excluding hydrogens is 648 g/mol. The molecule has 1 heterocycles. The van der Waals surface area contributed by atoms with Gasteiger partial charge >= 0.3 is 6.09 Å². The van der Waals surface area contributed by atoms with Crippen LogP contribution in [0, 0.1) is 11.8 Å². The molecule has 5 N–H and O–H groups in total. The lowest BCUT2D eigenvalue weighted by atomic mass is 10.0. The lowest BCUT2D eigenvalue weighted by Crippen LogP contribution is -2.56. The highest BCUT2D eigenvalue weighted by molar-refractivity contribution is 5.96. The van der Waals surface area contributed by atoms with Gasteiger partial charge in [-0.15, -0.1) is 0 Å². The summed E-state index contributed by atoms with van der Waals surface area (Å²) in [5, 5.41) is 16.4. The van der Waals surface area contributed by atoms with Crippen molar-refractivity contribution in [3.05, 3.63) is 90.3 Å². The van der Waals surface area contributed by atoms with Crippen LogP contribution >= 0.6 is 0 Å². The van der Waals surface area contributed by atoms with Crippen molar-refractivity contribution in [2.24, 2.45) is 17.6 Å².